The molecule has 0 N–H and O–H groups in total. The average Bonchev–Trinajstić information content (AvgIpc) is 2.19. The summed E-state index contributed by atoms with van der Waals surface area (Å²) < 4.78 is 17.7. The van der Waals surface area contributed by atoms with E-state index < -0.39 is 5.13 Å². The Bertz CT molecular complexity index is 116. The van der Waals surface area contributed by atoms with Gasteiger partial charge in [0.1, 0.15) is 6.10 Å². The average molecular weight is 153 g/mol. The second-order valence-electron chi connectivity index (χ2n) is 2.34. The molecule has 1 rings (SSSR count). The van der Waals surface area contributed by atoms with E-state index in [1.54, 1.807) is 6.92 Å². The number of halogens is 2. The van der Waals surface area contributed by atoms with Crippen molar-refractivity contribution in [2.45, 2.75) is 25.1 Å². The van der Waals surface area contributed by atoms with Crippen LogP contribution in [0.4, 0.5) is 4.39 Å². The van der Waals surface area contributed by atoms with Crippen molar-refractivity contribution in [3.63, 3.8) is 0 Å². The second kappa shape index (κ2) is 2.10. The Kier molecular flexibility index (Phi) is 1.70. The van der Waals surface area contributed by atoms with Crippen molar-refractivity contribution in [2.75, 3.05) is 6.61 Å². The topological polar surface area (TPSA) is 9.23 Å². The van der Waals surface area contributed by atoms with E-state index in [1.807, 2.05) is 6.92 Å². The van der Waals surface area contributed by atoms with Crippen LogP contribution in [0.25, 0.3) is 0 Å². The molecule has 9 heavy (non-hydrogen) atoms. The van der Waals surface area contributed by atoms with E-state index in [0.717, 1.165) is 0 Å². The number of alkyl halides is 2. The molecule has 1 nitrogen and oxygen atoms in total. The second-order valence-corrected chi connectivity index (χ2v) is 2.92. The van der Waals surface area contributed by atoms with Crippen molar-refractivity contribution in [1.29, 1.82) is 0 Å². The van der Waals surface area contributed by atoms with Gasteiger partial charge in [-0.2, -0.15) is 0 Å². The van der Waals surface area contributed by atoms with E-state index in [-0.39, 0.29) is 12.0 Å². The molecule has 54 valence electrons. The van der Waals surface area contributed by atoms with E-state index in [9.17, 15) is 4.39 Å². The highest BCUT2D eigenvalue weighted by atomic mass is 35.5. The van der Waals surface area contributed by atoms with Crippen LogP contribution < -0.4 is 0 Å². The minimum absolute atomic E-state index is 0.140. The van der Waals surface area contributed by atoms with Crippen molar-refractivity contribution in [1.82, 2.24) is 0 Å². The molecular formula is C6H10ClFO. The molecule has 0 aliphatic heterocycles. The molecule has 3 atom stereocenters. The van der Waals surface area contributed by atoms with Gasteiger partial charge in [-0.1, -0.05) is 18.5 Å². The fourth-order valence-corrected chi connectivity index (χ4v) is 1.18. The summed E-state index contributed by atoms with van der Waals surface area (Å²) in [6.45, 7) is 4.11. The van der Waals surface area contributed by atoms with Gasteiger partial charge in [0.15, 0.2) is 0 Å². The van der Waals surface area contributed by atoms with Gasteiger partial charge < -0.3 is 4.74 Å². The summed E-state index contributed by atoms with van der Waals surface area (Å²) >= 11 is 5.34. The largest absolute Gasteiger partial charge is 0.373 e. The van der Waals surface area contributed by atoms with E-state index in [4.69, 9.17) is 16.3 Å². The smallest absolute Gasteiger partial charge is 0.214 e. The minimum atomic E-state index is -1.57. The Morgan fingerprint density at radius 1 is 1.78 bits per heavy atom. The summed E-state index contributed by atoms with van der Waals surface area (Å²) in [6, 6.07) is 0. The highest BCUT2D eigenvalue weighted by Crippen LogP contribution is 2.52. The molecular weight excluding hydrogens is 143 g/mol. The first-order valence-electron chi connectivity index (χ1n) is 3.10. The van der Waals surface area contributed by atoms with Crippen molar-refractivity contribution in [3.8, 4) is 0 Å². The summed E-state index contributed by atoms with van der Waals surface area (Å²) in [5, 5.41) is -1.57. The van der Waals surface area contributed by atoms with Crippen LogP contribution in [0.1, 0.15) is 13.8 Å². The minimum Gasteiger partial charge on any atom is -0.373 e. The zero-order valence-corrected chi connectivity index (χ0v) is 6.28. The molecule has 0 aromatic carbocycles. The Balaban J connectivity index is 2.33. The van der Waals surface area contributed by atoms with E-state index in [2.05, 4.69) is 0 Å². The van der Waals surface area contributed by atoms with Crippen molar-refractivity contribution in [3.05, 3.63) is 0 Å². The molecule has 0 aromatic heterocycles. The quantitative estimate of drug-likeness (QED) is 0.550. The fourth-order valence-electron chi connectivity index (χ4n) is 0.879. The summed E-state index contributed by atoms with van der Waals surface area (Å²) in [4.78, 5) is 0. The third-order valence-electron chi connectivity index (χ3n) is 1.68. The maximum atomic E-state index is 12.7. The van der Waals surface area contributed by atoms with Crippen LogP contribution in [0.2, 0.25) is 0 Å². The highest BCUT2D eigenvalue weighted by molar-refractivity contribution is 6.25. The van der Waals surface area contributed by atoms with Crippen LogP contribution >= 0.6 is 11.6 Å². The predicted molar refractivity (Wildman–Crippen MR) is 34.3 cm³/mol. The van der Waals surface area contributed by atoms with Gasteiger partial charge in [0.05, 0.1) is 0 Å². The summed E-state index contributed by atoms with van der Waals surface area (Å²) in [5.41, 5.74) is 0. The first kappa shape index (κ1) is 7.29. The highest BCUT2D eigenvalue weighted by Gasteiger charge is 2.64. The van der Waals surface area contributed by atoms with Crippen LogP contribution in [0, 0.1) is 5.92 Å². The van der Waals surface area contributed by atoms with Gasteiger partial charge in [0, 0.05) is 12.5 Å². The zero-order chi connectivity index (χ0) is 7.07. The Morgan fingerprint density at radius 2 is 2.22 bits per heavy atom. The van der Waals surface area contributed by atoms with Gasteiger partial charge >= 0.3 is 0 Å². The standard InChI is InChI=1S/C6H10ClFO/c1-3-9-5-4(2)6(5,7)8/h4-5H,3H2,1-2H3/t4-,5+,6-/m0/s1. The first-order valence-corrected chi connectivity index (χ1v) is 3.48. The van der Waals surface area contributed by atoms with Crippen LogP contribution in [-0.4, -0.2) is 17.8 Å². The summed E-state index contributed by atoms with van der Waals surface area (Å²) in [6.07, 6.45) is -0.371. The van der Waals surface area contributed by atoms with Crippen molar-refractivity contribution >= 4 is 11.6 Å². The predicted octanol–water partition coefficient (Wildman–Crippen LogP) is 1.95. The molecule has 1 fully saturated rings. The molecule has 1 saturated carbocycles. The molecule has 0 unspecified atom stereocenters. The van der Waals surface area contributed by atoms with E-state index in [0.29, 0.717) is 6.61 Å². The number of hydrogen-bond acceptors (Lipinski definition) is 1. The summed E-state index contributed by atoms with van der Waals surface area (Å²) in [5.74, 6) is -0.140. The summed E-state index contributed by atoms with van der Waals surface area (Å²) in [7, 11) is 0. The first-order chi connectivity index (χ1) is 4.10. The number of hydrogen-bond donors (Lipinski definition) is 0. The molecule has 0 aromatic rings. The SMILES string of the molecule is CCO[C@@H]1[C@H](C)[C@@]1(F)Cl. The molecule has 0 spiro atoms. The van der Waals surface area contributed by atoms with Crippen LogP contribution in [0.5, 0.6) is 0 Å². The monoisotopic (exact) mass is 152 g/mol. The molecule has 1 aliphatic rings. The van der Waals surface area contributed by atoms with Gasteiger partial charge in [-0.15, -0.1) is 0 Å². The molecule has 3 heteroatoms. The van der Waals surface area contributed by atoms with Gasteiger partial charge in [-0.05, 0) is 6.92 Å². The molecule has 0 heterocycles. The van der Waals surface area contributed by atoms with Gasteiger partial charge in [0.2, 0.25) is 5.13 Å². The maximum Gasteiger partial charge on any atom is 0.214 e. The van der Waals surface area contributed by atoms with Crippen LogP contribution in [0.15, 0.2) is 0 Å². The van der Waals surface area contributed by atoms with Gasteiger partial charge in [0.25, 0.3) is 0 Å². The maximum absolute atomic E-state index is 12.7. The van der Waals surface area contributed by atoms with Crippen LogP contribution in [-0.2, 0) is 4.74 Å². The lowest BCUT2D eigenvalue weighted by Crippen LogP contribution is -2.01. The van der Waals surface area contributed by atoms with Crippen molar-refractivity contribution in [2.24, 2.45) is 5.92 Å². The Morgan fingerprint density at radius 3 is 2.33 bits per heavy atom. The lowest BCUT2D eigenvalue weighted by molar-refractivity contribution is 0.102. The normalized spacial score (nSPS) is 49.3. The number of ether oxygens (including phenoxy) is 1. The van der Waals surface area contributed by atoms with Gasteiger partial charge in [-0.3, -0.25) is 0 Å². The molecule has 1 aliphatic carbocycles. The Labute approximate surface area is 59.1 Å². The molecule has 0 amide bonds. The third kappa shape index (κ3) is 1.06. The Hall–Kier alpha value is 0.180. The van der Waals surface area contributed by atoms with Gasteiger partial charge in [-0.25, -0.2) is 4.39 Å². The van der Waals surface area contributed by atoms with E-state index in [1.165, 1.54) is 0 Å². The zero-order valence-electron chi connectivity index (χ0n) is 5.53. The third-order valence-corrected chi connectivity index (χ3v) is 2.24. The molecule has 0 radical (unpaired) electrons. The number of rotatable bonds is 2. The fraction of sp³-hybridized carbons (Fsp3) is 1.00. The lowest BCUT2D eigenvalue weighted by atomic mass is 10.5. The van der Waals surface area contributed by atoms with Crippen molar-refractivity contribution < 1.29 is 9.13 Å². The van der Waals surface area contributed by atoms with E-state index >= 15 is 0 Å². The lowest BCUT2D eigenvalue weighted by Gasteiger charge is -1.95. The van der Waals surface area contributed by atoms with Crippen LogP contribution in [0.3, 0.4) is 0 Å². The molecule has 0 bridgehead atoms. The molecule has 0 saturated heterocycles.